The number of nitrogens with zero attached hydrogens (tertiary/aromatic N) is 2. The average molecular weight is 234 g/mol. The van der Waals surface area contributed by atoms with Crippen molar-refractivity contribution in [1.29, 1.82) is 5.26 Å². The molecule has 1 aromatic rings. The molecule has 9 heavy (non-hydrogen) atoms. The van der Waals surface area contributed by atoms with Gasteiger partial charge in [0.25, 0.3) is 3.90 Å². The summed E-state index contributed by atoms with van der Waals surface area (Å²) in [6.07, 6.45) is 1.82. The molecule has 0 aromatic carbocycles. The van der Waals surface area contributed by atoms with E-state index < -0.39 is 0 Å². The van der Waals surface area contributed by atoms with Gasteiger partial charge in [-0.3, -0.25) is 0 Å². The van der Waals surface area contributed by atoms with E-state index in [2.05, 4.69) is 4.98 Å². The summed E-state index contributed by atoms with van der Waals surface area (Å²) >= 11 is 1.95. The molecule has 0 atom stereocenters. The molecule has 0 saturated carbocycles. The van der Waals surface area contributed by atoms with Gasteiger partial charge < -0.3 is 4.42 Å². The van der Waals surface area contributed by atoms with Crippen LogP contribution >= 0.6 is 22.6 Å². The van der Waals surface area contributed by atoms with Crippen LogP contribution < -0.4 is 0 Å². The average Bonchev–Trinajstić information content (AvgIpc) is 2.17. The topological polar surface area (TPSA) is 49.8 Å². The van der Waals surface area contributed by atoms with Gasteiger partial charge in [-0.25, -0.2) is 4.98 Å². The molecular weight excluding hydrogens is 231 g/mol. The smallest absolute Gasteiger partial charge is 0.257 e. The van der Waals surface area contributed by atoms with E-state index in [4.69, 9.17) is 9.68 Å². The summed E-state index contributed by atoms with van der Waals surface area (Å²) in [5, 5.41) is 8.19. The summed E-state index contributed by atoms with van der Waals surface area (Å²) < 4.78 is 5.42. The number of halogens is 1. The van der Waals surface area contributed by atoms with Crippen LogP contribution in [0.15, 0.2) is 10.7 Å². The van der Waals surface area contributed by atoms with E-state index in [0.717, 1.165) is 0 Å². The summed E-state index contributed by atoms with van der Waals surface area (Å²) in [6.45, 7) is 0. The highest BCUT2D eigenvalue weighted by Gasteiger charge is 1.97. The molecule has 0 N–H and O–H groups in total. The molecule has 0 aliphatic carbocycles. The zero-order chi connectivity index (χ0) is 6.69. The Labute approximate surface area is 65.8 Å². The van der Waals surface area contributed by atoms with Crippen molar-refractivity contribution < 1.29 is 4.42 Å². The molecule has 0 unspecified atom stereocenters. The fraction of sp³-hybridized carbons (Fsp3) is 0.200. The third-order valence-electron chi connectivity index (χ3n) is 0.784. The normalized spacial score (nSPS) is 8.89. The lowest BCUT2D eigenvalue weighted by Gasteiger charge is -1.74. The standard InChI is InChI=1S/C5H3IN2O/c6-5-8-4(1-2-7)3-9-5/h3H,1H2. The van der Waals surface area contributed by atoms with Crippen molar-refractivity contribution in [3.05, 3.63) is 15.9 Å². The summed E-state index contributed by atoms with van der Waals surface area (Å²) in [4.78, 5) is 3.90. The third-order valence-corrected chi connectivity index (χ3v) is 1.28. The quantitative estimate of drug-likeness (QED) is 0.689. The zero-order valence-electron chi connectivity index (χ0n) is 4.47. The summed E-state index contributed by atoms with van der Waals surface area (Å²) in [5.74, 6) is 0. The largest absolute Gasteiger partial charge is 0.440 e. The van der Waals surface area contributed by atoms with Crippen molar-refractivity contribution in [3.8, 4) is 6.07 Å². The van der Waals surface area contributed by atoms with Crippen molar-refractivity contribution in [3.63, 3.8) is 0 Å². The number of nitriles is 1. The molecule has 0 amide bonds. The SMILES string of the molecule is N#CCc1coc(I)n1. The predicted octanol–water partition coefficient (Wildman–Crippen LogP) is 1.35. The van der Waals surface area contributed by atoms with Gasteiger partial charge in [0.2, 0.25) is 0 Å². The van der Waals surface area contributed by atoms with Gasteiger partial charge in [0, 0.05) is 22.6 Å². The fourth-order valence-electron chi connectivity index (χ4n) is 0.444. The molecule has 0 saturated heterocycles. The molecule has 46 valence electrons. The lowest BCUT2D eigenvalue weighted by molar-refractivity contribution is 0.524. The minimum atomic E-state index is 0.326. The first-order valence-corrected chi connectivity index (χ1v) is 3.37. The van der Waals surface area contributed by atoms with Crippen molar-refractivity contribution in [2.75, 3.05) is 0 Å². The number of hydrogen-bond donors (Lipinski definition) is 0. The van der Waals surface area contributed by atoms with E-state index in [9.17, 15) is 0 Å². The predicted molar refractivity (Wildman–Crippen MR) is 38.5 cm³/mol. The number of hydrogen-bond acceptors (Lipinski definition) is 3. The van der Waals surface area contributed by atoms with E-state index in [0.29, 0.717) is 16.0 Å². The molecule has 0 fully saturated rings. The molecular formula is C5H3IN2O. The molecule has 1 aromatic heterocycles. The first-order valence-electron chi connectivity index (χ1n) is 2.30. The van der Waals surface area contributed by atoms with Crippen LogP contribution in [0.1, 0.15) is 5.69 Å². The van der Waals surface area contributed by atoms with Gasteiger partial charge >= 0.3 is 0 Å². The second-order valence-corrected chi connectivity index (χ2v) is 2.35. The fourth-order valence-corrected chi connectivity index (χ4v) is 0.881. The van der Waals surface area contributed by atoms with E-state index in [-0.39, 0.29) is 0 Å². The second-order valence-electron chi connectivity index (χ2n) is 1.43. The molecule has 0 aliphatic rings. The van der Waals surface area contributed by atoms with Gasteiger partial charge in [0.05, 0.1) is 18.2 Å². The Morgan fingerprint density at radius 2 is 2.67 bits per heavy atom. The Bertz CT molecular complexity index is 237. The van der Waals surface area contributed by atoms with Gasteiger partial charge in [0.1, 0.15) is 6.26 Å². The van der Waals surface area contributed by atoms with E-state index in [1.165, 1.54) is 6.26 Å². The van der Waals surface area contributed by atoms with Gasteiger partial charge in [-0.15, -0.1) is 0 Å². The van der Waals surface area contributed by atoms with Crippen LogP contribution in [0.3, 0.4) is 0 Å². The van der Waals surface area contributed by atoms with Gasteiger partial charge in [-0.2, -0.15) is 5.26 Å². The molecule has 0 radical (unpaired) electrons. The lowest BCUT2D eigenvalue weighted by atomic mass is 10.4. The maximum absolute atomic E-state index is 8.19. The minimum absolute atomic E-state index is 0.326. The molecule has 0 spiro atoms. The monoisotopic (exact) mass is 234 g/mol. The Kier molecular flexibility index (Phi) is 2.05. The zero-order valence-corrected chi connectivity index (χ0v) is 6.62. The van der Waals surface area contributed by atoms with Crippen LogP contribution in [0.25, 0.3) is 0 Å². The van der Waals surface area contributed by atoms with Crippen LogP contribution in [-0.2, 0) is 6.42 Å². The summed E-state index contributed by atoms with van der Waals surface area (Å²) in [7, 11) is 0. The lowest BCUT2D eigenvalue weighted by Crippen LogP contribution is -1.78. The van der Waals surface area contributed by atoms with Crippen molar-refractivity contribution in [1.82, 2.24) is 4.98 Å². The molecule has 0 aliphatic heterocycles. The van der Waals surface area contributed by atoms with Crippen LogP contribution in [0.2, 0.25) is 0 Å². The Hall–Kier alpha value is -0.570. The van der Waals surface area contributed by atoms with E-state index in [1.807, 2.05) is 28.7 Å². The number of aromatic nitrogens is 1. The molecule has 1 rings (SSSR count). The van der Waals surface area contributed by atoms with Crippen LogP contribution in [-0.4, -0.2) is 4.98 Å². The van der Waals surface area contributed by atoms with Crippen molar-refractivity contribution in [2.24, 2.45) is 0 Å². The molecule has 3 nitrogen and oxygen atoms in total. The maximum atomic E-state index is 8.19. The minimum Gasteiger partial charge on any atom is -0.440 e. The molecule has 1 heterocycles. The highest BCUT2D eigenvalue weighted by atomic mass is 127. The molecule has 4 heteroatoms. The Morgan fingerprint density at radius 3 is 3.11 bits per heavy atom. The first kappa shape index (κ1) is 6.55. The maximum Gasteiger partial charge on any atom is 0.257 e. The summed E-state index contributed by atoms with van der Waals surface area (Å²) in [5.41, 5.74) is 0.696. The van der Waals surface area contributed by atoms with E-state index in [1.54, 1.807) is 0 Å². The summed E-state index contributed by atoms with van der Waals surface area (Å²) in [6, 6.07) is 1.97. The van der Waals surface area contributed by atoms with Crippen LogP contribution in [0, 0.1) is 15.2 Å². The number of rotatable bonds is 1. The van der Waals surface area contributed by atoms with Gasteiger partial charge in [-0.1, -0.05) is 0 Å². The second kappa shape index (κ2) is 2.82. The van der Waals surface area contributed by atoms with Gasteiger partial charge in [0.15, 0.2) is 0 Å². The highest BCUT2D eigenvalue weighted by Crippen LogP contribution is 2.03. The van der Waals surface area contributed by atoms with Crippen molar-refractivity contribution in [2.45, 2.75) is 6.42 Å². The van der Waals surface area contributed by atoms with Crippen LogP contribution in [0.4, 0.5) is 0 Å². The highest BCUT2D eigenvalue weighted by molar-refractivity contribution is 14.1. The van der Waals surface area contributed by atoms with Gasteiger partial charge in [-0.05, 0) is 0 Å². The Morgan fingerprint density at radius 1 is 1.89 bits per heavy atom. The molecule has 0 bridgehead atoms. The first-order chi connectivity index (χ1) is 4.33. The Balaban J connectivity index is 2.76. The van der Waals surface area contributed by atoms with Crippen LogP contribution in [0.5, 0.6) is 0 Å². The number of oxazole rings is 1. The van der Waals surface area contributed by atoms with Crippen molar-refractivity contribution >= 4 is 22.6 Å². The third kappa shape index (κ3) is 1.68. The van der Waals surface area contributed by atoms with E-state index >= 15 is 0 Å².